The fourth-order valence-electron chi connectivity index (χ4n) is 3.48. The predicted octanol–water partition coefficient (Wildman–Crippen LogP) is 0.994. The molecule has 3 aromatic rings. The highest BCUT2D eigenvalue weighted by Crippen LogP contribution is 2.33. The van der Waals surface area contributed by atoms with Crippen LogP contribution in [0.3, 0.4) is 0 Å². The lowest BCUT2D eigenvalue weighted by Crippen LogP contribution is -2.38. The van der Waals surface area contributed by atoms with Crippen molar-refractivity contribution in [1.29, 1.82) is 0 Å². The van der Waals surface area contributed by atoms with Crippen LogP contribution in [-0.4, -0.2) is 50.7 Å². The Labute approximate surface area is 165 Å². The van der Waals surface area contributed by atoms with Crippen molar-refractivity contribution in [3.8, 4) is 0 Å². The van der Waals surface area contributed by atoms with E-state index in [0.29, 0.717) is 29.8 Å². The Morgan fingerprint density at radius 3 is 2.52 bits per heavy atom. The van der Waals surface area contributed by atoms with E-state index in [0.717, 1.165) is 0 Å². The molecule has 12 nitrogen and oxygen atoms in total. The summed E-state index contributed by atoms with van der Waals surface area (Å²) >= 11 is 0. The third-order valence-electron chi connectivity index (χ3n) is 4.94. The minimum Gasteiger partial charge on any atom is -0.382 e. The lowest BCUT2D eigenvalue weighted by Gasteiger charge is -2.30. The van der Waals surface area contributed by atoms with Gasteiger partial charge in [-0.15, -0.1) is 0 Å². The number of piperidine rings is 1. The number of imidazole rings is 1. The zero-order valence-electron chi connectivity index (χ0n) is 15.1. The Bertz CT molecular complexity index is 1200. The third kappa shape index (κ3) is 3.34. The van der Waals surface area contributed by atoms with Crippen molar-refractivity contribution in [2.45, 2.75) is 23.7 Å². The van der Waals surface area contributed by atoms with Gasteiger partial charge in [0.15, 0.2) is 16.4 Å². The van der Waals surface area contributed by atoms with Crippen molar-refractivity contribution in [3.63, 3.8) is 0 Å². The number of hydrogen-bond donors (Lipinski definition) is 3. The molecule has 0 atom stereocenters. The number of nitrogens with zero attached hydrogens (tertiary/aromatic N) is 5. The van der Waals surface area contributed by atoms with Crippen LogP contribution >= 0.6 is 0 Å². The topological polar surface area (TPSA) is 187 Å². The zero-order valence-corrected chi connectivity index (χ0v) is 16.0. The van der Waals surface area contributed by atoms with E-state index in [1.165, 1.54) is 28.6 Å². The second-order valence-electron chi connectivity index (χ2n) is 6.69. The van der Waals surface area contributed by atoms with Crippen LogP contribution in [0.5, 0.6) is 0 Å². The molecule has 1 saturated heterocycles. The van der Waals surface area contributed by atoms with E-state index in [4.69, 9.17) is 11.5 Å². The normalized spacial score (nSPS) is 16.3. The van der Waals surface area contributed by atoms with Crippen LogP contribution < -0.4 is 11.5 Å². The van der Waals surface area contributed by atoms with Gasteiger partial charge in [0.2, 0.25) is 16.0 Å². The zero-order chi connectivity index (χ0) is 20.8. The van der Waals surface area contributed by atoms with Gasteiger partial charge < -0.3 is 16.5 Å². The fraction of sp³-hybridized carbons (Fsp3) is 0.312. The molecule has 0 aliphatic carbocycles. The highest BCUT2D eigenvalue weighted by atomic mass is 32.2. The second-order valence-corrected chi connectivity index (χ2v) is 8.60. The number of rotatable bonds is 4. The first kappa shape index (κ1) is 19.0. The van der Waals surface area contributed by atoms with Crippen LogP contribution in [-0.2, 0) is 10.0 Å². The minimum atomic E-state index is -3.98. The largest absolute Gasteiger partial charge is 0.382 e. The standard InChI is InChI=1S/C16H18N8O4S/c17-13-12-15(22-16(18)20-13)21-14(19-12)9-5-7-23(8-6-9)29(27,28)11-4-2-1-3-10(11)24(25)26/h1-4,9H,5-8H2,(H5,17,18,19,20,21,22). The molecule has 13 heteroatoms. The molecule has 0 amide bonds. The quantitative estimate of drug-likeness (QED) is 0.410. The highest BCUT2D eigenvalue weighted by Gasteiger charge is 2.35. The number of anilines is 2. The number of H-pyrrole nitrogens is 1. The number of nitrogens with one attached hydrogen (secondary N) is 1. The molecule has 0 bridgehead atoms. The molecule has 152 valence electrons. The number of aromatic amines is 1. The van der Waals surface area contributed by atoms with E-state index in [-0.39, 0.29) is 35.7 Å². The van der Waals surface area contributed by atoms with Crippen molar-refractivity contribution in [3.05, 3.63) is 40.2 Å². The molecule has 0 radical (unpaired) electrons. The number of nitro benzene ring substituents is 1. The van der Waals surface area contributed by atoms with Crippen LogP contribution in [0.15, 0.2) is 29.2 Å². The SMILES string of the molecule is Nc1nc(N)c2[nH]c(C3CCN(S(=O)(=O)c4ccccc4[N+](=O)[O-])CC3)nc2n1. The van der Waals surface area contributed by atoms with Gasteiger partial charge in [-0.3, -0.25) is 10.1 Å². The maximum atomic E-state index is 12.9. The molecular weight excluding hydrogens is 400 g/mol. The molecule has 5 N–H and O–H groups in total. The Balaban J connectivity index is 1.55. The van der Waals surface area contributed by atoms with Crippen molar-refractivity contribution in [2.75, 3.05) is 24.6 Å². The number of nitro groups is 1. The molecule has 0 unspecified atom stereocenters. The molecule has 1 aromatic carbocycles. The number of fused-ring (bicyclic) bond motifs is 1. The number of sulfonamides is 1. The van der Waals surface area contributed by atoms with E-state index in [1.807, 2.05) is 0 Å². The first-order valence-electron chi connectivity index (χ1n) is 8.79. The summed E-state index contributed by atoms with van der Waals surface area (Å²) in [5.74, 6) is 0.817. The van der Waals surface area contributed by atoms with Gasteiger partial charge in [0.1, 0.15) is 11.3 Å². The first-order valence-corrected chi connectivity index (χ1v) is 10.2. The van der Waals surface area contributed by atoms with Crippen LogP contribution in [0.2, 0.25) is 0 Å². The molecule has 29 heavy (non-hydrogen) atoms. The molecule has 0 spiro atoms. The Morgan fingerprint density at radius 2 is 1.83 bits per heavy atom. The summed E-state index contributed by atoms with van der Waals surface area (Å²) < 4.78 is 27.1. The highest BCUT2D eigenvalue weighted by molar-refractivity contribution is 7.89. The predicted molar refractivity (Wildman–Crippen MR) is 104 cm³/mol. The third-order valence-corrected chi connectivity index (χ3v) is 6.88. The van der Waals surface area contributed by atoms with Crippen LogP contribution in [0, 0.1) is 10.1 Å². The fourth-order valence-corrected chi connectivity index (χ4v) is 5.11. The maximum Gasteiger partial charge on any atom is 0.289 e. The molecule has 2 aromatic heterocycles. The number of benzene rings is 1. The Hall–Kier alpha value is -3.32. The summed E-state index contributed by atoms with van der Waals surface area (Å²) in [6.07, 6.45) is 0.977. The van der Waals surface area contributed by atoms with E-state index in [2.05, 4.69) is 19.9 Å². The number of aromatic nitrogens is 4. The van der Waals surface area contributed by atoms with Gasteiger partial charge in [-0.05, 0) is 18.9 Å². The van der Waals surface area contributed by atoms with Gasteiger partial charge in [-0.25, -0.2) is 13.4 Å². The molecular formula is C16H18N8O4S. The lowest BCUT2D eigenvalue weighted by molar-refractivity contribution is -0.387. The maximum absolute atomic E-state index is 12.9. The van der Waals surface area contributed by atoms with Gasteiger partial charge in [-0.1, -0.05) is 12.1 Å². The smallest absolute Gasteiger partial charge is 0.289 e. The number of para-hydroxylation sites is 1. The van der Waals surface area contributed by atoms with Crippen molar-refractivity contribution in [2.24, 2.45) is 0 Å². The molecule has 1 aliphatic heterocycles. The van der Waals surface area contributed by atoms with Gasteiger partial charge in [0.25, 0.3) is 5.69 Å². The van der Waals surface area contributed by atoms with Crippen LogP contribution in [0.1, 0.15) is 24.6 Å². The van der Waals surface area contributed by atoms with Gasteiger partial charge in [0, 0.05) is 25.1 Å². The van der Waals surface area contributed by atoms with Gasteiger partial charge in [-0.2, -0.15) is 14.3 Å². The van der Waals surface area contributed by atoms with E-state index in [1.54, 1.807) is 0 Å². The molecule has 1 aliphatic rings. The van der Waals surface area contributed by atoms with Gasteiger partial charge in [0.05, 0.1) is 4.92 Å². The average molecular weight is 418 g/mol. The monoisotopic (exact) mass is 418 g/mol. The summed E-state index contributed by atoms with van der Waals surface area (Å²) in [7, 11) is -3.98. The van der Waals surface area contributed by atoms with E-state index in [9.17, 15) is 18.5 Å². The second kappa shape index (κ2) is 6.93. The molecule has 4 rings (SSSR count). The van der Waals surface area contributed by atoms with Crippen molar-refractivity contribution >= 4 is 38.6 Å². The van der Waals surface area contributed by atoms with Gasteiger partial charge >= 0.3 is 0 Å². The first-order chi connectivity index (χ1) is 13.8. The summed E-state index contributed by atoms with van der Waals surface area (Å²) in [6.45, 7) is 0.415. The number of hydrogen-bond acceptors (Lipinski definition) is 9. The minimum absolute atomic E-state index is 0.0263. The molecule has 3 heterocycles. The number of nitrogen functional groups attached to an aromatic ring is 2. The summed E-state index contributed by atoms with van der Waals surface area (Å²) in [5, 5.41) is 11.2. The van der Waals surface area contributed by atoms with Crippen molar-refractivity contribution in [1.82, 2.24) is 24.2 Å². The molecule has 0 saturated carbocycles. The van der Waals surface area contributed by atoms with Crippen LogP contribution in [0.25, 0.3) is 11.2 Å². The number of nitrogens with two attached hydrogens (primary N) is 2. The molecule has 1 fully saturated rings. The lowest BCUT2D eigenvalue weighted by atomic mass is 9.97. The van der Waals surface area contributed by atoms with E-state index < -0.39 is 20.6 Å². The van der Waals surface area contributed by atoms with Crippen LogP contribution in [0.4, 0.5) is 17.5 Å². The summed E-state index contributed by atoms with van der Waals surface area (Å²) in [6, 6.07) is 5.35. The van der Waals surface area contributed by atoms with E-state index >= 15 is 0 Å². The summed E-state index contributed by atoms with van der Waals surface area (Å²) in [4.78, 5) is 25.7. The Morgan fingerprint density at radius 1 is 1.14 bits per heavy atom. The average Bonchev–Trinajstić information content (AvgIpc) is 3.12. The summed E-state index contributed by atoms with van der Waals surface area (Å²) in [5.41, 5.74) is 11.8. The van der Waals surface area contributed by atoms with Crippen molar-refractivity contribution < 1.29 is 13.3 Å². The Kier molecular flexibility index (Phi) is 4.55.